The molecule has 0 spiro atoms. The number of nitrogens with one attached hydrogen (secondary N) is 2. The van der Waals surface area contributed by atoms with Crippen molar-refractivity contribution in [3.8, 4) is 0 Å². The van der Waals surface area contributed by atoms with Gasteiger partial charge in [0.05, 0.1) is 23.6 Å². The Hall–Kier alpha value is -2.66. The lowest BCUT2D eigenvalue weighted by Crippen LogP contribution is -2.47. The fourth-order valence-electron chi connectivity index (χ4n) is 3.74. The van der Waals surface area contributed by atoms with Crippen LogP contribution in [0.2, 0.25) is 0 Å². The lowest BCUT2D eigenvalue weighted by Gasteiger charge is -2.36. The van der Waals surface area contributed by atoms with E-state index in [1.54, 1.807) is 6.20 Å². The molecule has 2 N–H and O–H groups in total. The summed E-state index contributed by atoms with van der Waals surface area (Å²) in [6.07, 6.45) is 0.600. The highest BCUT2D eigenvalue weighted by atomic mass is 32.1. The predicted molar refractivity (Wildman–Crippen MR) is 121 cm³/mol. The molecule has 172 valence electrons. The molecule has 32 heavy (non-hydrogen) atoms. The molecule has 2 aromatic rings. The summed E-state index contributed by atoms with van der Waals surface area (Å²) in [6.45, 7) is 4.20. The summed E-state index contributed by atoms with van der Waals surface area (Å²) in [7, 11) is 0. The Balaban J connectivity index is 1.25. The average Bonchev–Trinajstić information content (AvgIpc) is 3.32. The standard InChI is InChI=1S/C21H25F3N6OS/c22-21(23,24)15-3-5-18(25-12-15)29-7-9-30(10-8-29)19-6-4-16(13-26-19)28-20(32)27-14-17-2-1-11-31-17/h3-6,12-13,17H,1-2,7-11,14H2,(H2,27,28,32). The van der Waals surface area contributed by atoms with Gasteiger partial charge in [-0.25, -0.2) is 9.97 Å². The molecule has 4 heterocycles. The van der Waals surface area contributed by atoms with Gasteiger partial charge in [-0.3, -0.25) is 0 Å². The van der Waals surface area contributed by atoms with Gasteiger partial charge < -0.3 is 25.2 Å². The summed E-state index contributed by atoms with van der Waals surface area (Å²) in [4.78, 5) is 12.6. The molecule has 11 heteroatoms. The monoisotopic (exact) mass is 466 g/mol. The Labute approximate surface area is 190 Å². The Bertz CT molecular complexity index is 895. The second-order valence-electron chi connectivity index (χ2n) is 7.75. The zero-order valence-corrected chi connectivity index (χ0v) is 18.3. The van der Waals surface area contributed by atoms with Gasteiger partial charge in [0.1, 0.15) is 11.6 Å². The minimum atomic E-state index is -4.37. The predicted octanol–water partition coefficient (Wildman–Crippen LogP) is 3.29. The summed E-state index contributed by atoms with van der Waals surface area (Å²) in [5.74, 6) is 1.39. The fourth-order valence-corrected chi connectivity index (χ4v) is 3.94. The Morgan fingerprint density at radius 3 is 2.19 bits per heavy atom. The maximum absolute atomic E-state index is 12.7. The summed E-state index contributed by atoms with van der Waals surface area (Å²) in [5.41, 5.74) is 0.0607. The van der Waals surface area contributed by atoms with E-state index in [4.69, 9.17) is 17.0 Å². The number of anilines is 3. The summed E-state index contributed by atoms with van der Waals surface area (Å²) in [5, 5.41) is 6.83. The van der Waals surface area contributed by atoms with Gasteiger partial charge in [-0.2, -0.15) is 13.2 Å². The van der Waals surface area contributed by atoms with Crippen molar-refractivity contribution in [3.05, 3.63) is 42.2 Å². The van der Waals surface area contributed by atoms with Crippen molar-refractivity contribution in [2.45, 2.75) is 25.1 Å². The molecular weight excluding hydrogens is 441 g/mol. The van der Waals surface area contributed by atoms with Gasteiger partial charge in [0.25, 0.3) is 0 Å². The van der Waals surface area contributed by atoms with E-state index in [-0.39, 0.29) is 6.10 Å². The van der Waals surface area contributed by atoms with E-state index in [9.17, 15) is 13.2 Å². The van der Waals surface area contributed by atoms with Crippen molar-refractivity contribution in [3.63, 3.8) is 0 Å². The van der Waals surface area contributed by atoms with Crippen molar-refractivity contribution in [2.24, 2.45) is 0 Å². The molecule has 2 aromatic heterocycles. The van der Waals surface area contributed by atoms with Crippen LogP contribution in [0.5, 0.6) is 0 Å². The van der Waals surface area contributed by atoms with Crippen molar-refractivity contribution in [1.82, 2.24) is 15.3 Å². The van der Waals surface area contributed by atoms with Gasteiger partial charge in [0, 0.05) is 45.5 Å². The maximum atomic E-state index is 12.7. The first-order valence-electron chi connectivity index (χ1n) is 10.5. The van der Waals surface area contributed by atoms with E-state index in [0.29, 0.717) is 43.7 Å². The van der Waals surface area contributed by atoms with Gasteiger partial charge in [0.15, 0.2) is 5.11 Å². The Kier molecular flexibility index (Phi) is 6.95. The van der Waals surface area contributed by atoms with Crippen LogP contribution in [0.25, 0.3) is 0 Å². The SMILES string of the molecule is FC(F)(F)c1ccc(N2CCN(c3ccc(NC(=S)NCC4CCCO4)cn3)CC2)nc1. The summed E-state index contributed by atoms with van der Waals surface area (Å²) >= 11 is 5.33. The first-order chi connectivity index (χ1) is 15.4. The second kappa shape index (κ2) is 9.86. The van der Waals surface area contributed by atoms with Crippen molar-refractivity contribution >= 4 is 34.7 Å². The Morgan fingerprint density at radius 2 is 1.69 bits per heavy atom. The lowest BCUT2D eigenvalue weighted by molar-refractivity contribution is -0.137. The number of rotatable bonds is 5. The van der Waals surface area contributed by atoms with Crippen molar-refractivity contribution < 1.29 is 17.9 Å². The smallest absolute Gasteiger partial charge is 0.376 e. The van der Waals surface area contributed by atoms with Crippen LogP contribution in [-0.4, -0.2) is 60.5 Å². The van der Waals surface area contributed by atoms with E-state index in [0.717, 1.165) is 43.2 Å². The van der Waals surface area contributed by atoms with E-state index in [1.165, 1.54) is 6.07 Å². The third-order valence-corrected chi connectivity index (χ3v) is 5.77. The molecule has 4 rings (SSSR count). The molecule has 1 atom stereocenters. The quantitative estimate of drug-likeness (QED) is 0.651. The first kappa shape index (κ1) is 22.5. The molecule has 0 radical (unpaired) electrons. The third kappa shape index (κ3) is 5.77. The number of piperazine rings is 1. The molecular formula is C21H25F3N6OS. The molecule has 0 aromatic carbocycles. The number of hydrogen-bond acceptors (Lipinski definition) is 6. The average molecular weight is 467 g/mol. The van der Waals surface area contributed by atoms with Crippen LogP contribution in [0.15, 0.2) is 36.7 Å². The van der Waals surface area contributed by atoms with Gasteiger partial charge in [0.2, 0.25) is 0 Å². The molecule has 7 nitrogen and oxygen atoms in total. The van der Waals surface area contributed by atoms with Gasteiger partial charge in [-0.15, -0.1) is 0 Å². The highest BCUT2D eigenvalue weighted by Crippen LogP contribution is 2.29. The number of pyridine rings is 2. The Morgan fingerprint density at radius 1 is 1.03 bits per heavy atom. The van der Waals surface area contributed by atoms with Gasteiger partial charge >= 0.3 is 6.18 Å². The van der Waals surface area contributed by atoms with Crippen LogP contribution in [0.4, 0.5) is 30.5 Å². The van der Waals surface area contributed by atoms with Crippen LogP contribution < -0.4 is 20.4 Å². The molecule has 0 aliphatic carbocycles. The highest BCUT2D eigenvalue weighted by molar-refractivity contribution is 7.80. The minimum absolute atomic E-state index is 0.215. The summed E-state index contributed by atoms with van der Waals surface area (Å²) < 4.78 is 43.7. The second-order valence-corrected chi connectivity index (χ2v) is 8.16. The van der Waals surface area contributed by atoms with E-state index in [1.807, 2.05) is 17.0 Å². The number of hydrogen-bond donors (Lipinski definition) is 2. The zero-order chi connectivity index (χ0) is 22.6. The van der Waals surface area contributed by atoms with Gasteiger partial charge in [-0.1, -0.05) is 0 Å². The van der Waals surface area contributed by atoms with Crippen LogP contribution in [0.1, 0.15) is 18.4 Å². The molecule has 0 bridgehead atoms. The van der Waals surface area contributed by atoms with E-state index >= 15 is 0 Å². The fraction of sp³-hybridized carbons (Fsp3) is 0.476. The number of aromatic nitrogens is 2. The molecule has 2 aliphatic rings. The van der Waals surface area contributed by atoms with Gasteiger partial charge in [-0.05, 0) is 49.3 Å². The van der Waals surface area contributed by atoms with Crippen molar-refractivity contribution in [2.75, 3.05) is 54.4 Å². The number of thiocarbonyl (C=S) groups is 1. The number of ether oxygens (including phenoxy) is 1. The van der Waals surface area contributed by atoms with Crippen LogP contribution >= 0.6 is 12.2 Å². The largest absolute Gasteiger partial charge is 0.417 e. The minimum Gasteiger partial charge on any atom is -0.376 e. The first-order valence-corrected chi connectivity index (χ1v) is 10.9. The number of alkyl halides is 3. The topological polar surface area (TPSA) is 65.5 Å². The van der Waals surface area contributed by atoms with Crippen molar-refractivity contribution in [1.29, 1.82) is 0 Å². The zero-order valence-electron chi connectivity index (χ0n) is 17.4. The molecule has 1 unspecified atom stereocenters. The number of halogens is 3. The molecule has 2 fully saturated rings. The van der Waals surface area contributed by atoms with E-state index in [2.05, 4.69) is 25.5 Å². The third-order valence-electron chi connectivity index (χ3n) is 5.52. The number of nitrogens with zero attached hydrogens (tertiary/aromatic N) is 4. The normalized spacial score (nSPS) is 19.2. The highest BCUT2D eigenvalue weighted by Gasteiger charge is 2.31. The molecule has 2 saturated heterocycles. The molecule has 0 saturated carbocycles. The van der Waals surface area contributed by atoms with Crippen LogP contribution in [0, 0.1) is 0 Å². The summed E-state index contributed by atoms with van der Waals surface area (Å²) in [6, 6.07) is 6.35. The molecule has 0 amide bonds. The van der Waals surface area contributed by atoms with Crippen LogP contribution in [-0.2, 0) is 10.9 Å². The van der Waals surface area contributed by atoms with E-state index < -0.39 is 11.7 Å². The lowest BCUT2D eigenvalue weighted by atomic mass is 10.2. The maximum Gasteiger partial charge on any atom is 0.417 e. The van der Waals surface area contributed by atoms with Crippen LogP contribution in [0.3, 0.4) is 0 Å². The molecule has 2 aliphatic heterocycles.